The summed E-state index contributed by atoms with van der Waals surface area (Å²) in [6, 6.07) is 7.57. The van der Waals surface area contributed by atoms with E-state index in [9.17, 15) is 9.90 Å². The number of fused-ring (bicyclic) bond motifs is 1. The number of hydrogen-bond acceptors (Lipinski definition) is 4. The summed E-state index contributed by atoms with van der Waals surface area (Å²) in [6.07, 6.45) is 0.249. The van der Waals surface area contributed by atoms with E-state index < -0.39 is 6.10 Å². The van der Waals surface area contributed by atoms with Crippen molar-refractivity contribution < 1.29 is 9.90 Å². The minimum atomic E-state index is -0.397. The van der Waals surface area contributed by atoms with Crippen LogP contribution in [-0.2, 0) is 0 Å². The maximum absolute atomic E-state index is 11.9. The molecular weight excluding hydrogens is 250 g/mol. The Labute approximate surface area is 108 Å². The smallest absolute Gasteiger partial charge is 0.323 e. The number of rotatable bonds is 1. The Hall–Kier alpha value is -1.66. The van der Waals surface area contributed by atoms with Crippen LogP contribution in [0.3, 0.4) is 0 Å². The standard InChI is InChI=1S/C12H13N3O2S/c16-8-5-6-15(7-8)12(17)14-11-13-9-3-1-2-4-10(9)18-11/h1-4,8,16H,5-7H2,(H,13,14,17)/t8-/m0/s1. The molecule has 2 heterocycles. The van der Waals surface area contributed by atoms with Gasteiger partial charge in [0, 0.05) is 13.1 Å². The van der Waals surface area contributed by atoms with Crippen molar-refractivity contribution >= 4 is 32.7 Å². The number of benzene rings is 1. The average molecular weight is 263 g/mol. The fourth-order valence-corrected chi connectivity index (χ4v) is 2.88. The van der Waals surface area contributed by atoms with E-state index in [-0.39, 0.29) is 6.03 Å². The quantitative estimate of drug-likeness (QED) is 0.825. The number of likely N-dealkylation sites (tertiary alicyclic amines) is 1. The van der Waals surface area contributed by atoms with Crippen LogP contribution in [0.5, 0.6) is 0 Å². The van der Waals surface area contributed by atoms with Gasteiger partial charge in [0.25, 0.3) is 0 Å². The number of thiazole rings is 1. The molecule has 1 fully saturated rings. The Kier molecular flexibility index (Phi) is 2.89. The molecule has 94 valence electrons. The SMILES string of the molecule is O=C(Nc1nc2ccccc2s1)N1CC[C@H](O)C1. The summed E-state index contributed by atoms with van der Waals surface area (Å²) in [5.41, 5.74) is 0.888. The fourth-order valence-electron chi connectivity index (χ4n) is 2.02. The highest BCUT2D eigenvalue weighted by Gasteiger charge is 2.24. The third kappa shape index (κ3) is 2.16. The van der Waals surface area contributed by atoms with Crippen LogP contribution in [0.15, 0.2) is 24.3 Å². The lowest BCUT2D eigenvalue weighted by molar-refractivity contribution is 0.176. The number of carbonyl (C=O) groups excluding carboxylic acids is 1. The predicted molar refractivity (Wildman–Crippen MR) is 70.8 cm³/mol. The van der Waals surface area contributed by atoms with Gasteiger partial charge in [-0.25, -0.2) is 9.78 Å². The summed E-state index contributed by atoms with van der Waals surface area (Å²) in [4.78, 5) is 17.9. The first-order valence-corrected chi connectivity index (χ1v) is 6.63. The van der Waals surface area contributed by atoms with Crippen molar-refractivity contribution in [2.45, 2.75) is 12.5 Å². The minimum Gasteiger partial charge on any atom is -0.391 e. The summed E-state index contributed by atoms with van der Waals surface area (Å²) in [5, 5.41) is 12.8. The van der Waals surface area contributed by atoms with Crippen molar-refractivity contribution in [3.63, 3.8) is 0 Å². The summed E-state index contributed by atoms with van der Waals surface area (Å²) < 4.78 is 1.05. The lowest BCUT2D eigenvalue weighted by Gasteiger charge is -2.14. The van der Waals surface area contributed by atoms with Gasteiger partial charge in [0.15, 0.2) is 5.13 Å². The number of urea groups is 1. The molecule has 1 aromatic carbocycles. The molecule has 1 aliphatic heterocycles. The van der Waals surface area contributed by atoms with Gasteiger partial charge in [-0.3, -0.25) is 5.32 Å². The van der Waals surface area contributed by atoms with Gasteiger partial charge in [0.05, 0.1) is 16.3 Å². The number of anilines is 1. The molecule has 18 heavy (non-hydrogen) atoms. The lowest BCUT2D eigenvalue weighted by Crippen LogP contribution is -2.33. The van der Waals surface area contributed by atoms with E-state index in [0.29, 0.717) is 24.6 Å². The third-order valence-corrected chi connectivity index (χ3v) is 3.91. The second kappa shape index (κ2) is 4.55. The number of aliphatic hydroxyl groups excluding tert-OH is 1. The maximum Gasteiger partial charge on any atom is 0.323 e. The normalized spacial score (nSPS) is 19.4. The van der Waals surface area contributed by atoms with Crippen molar-refractivity contribution in [3.8, 4) is 0 Å². The Balaban J connectivity index is 1.74. The largest absolute Gasteiger partial charge is 0.391 e. The van der Waals surface area contributed by atoms with Crippen LogP contribution in [0, 0.1) is 0 Å². The molecule has 5 nitrogen and oxygen atoms in total. The van der Waals surface area contributed by atoms with Gasteiger partial charge in [-0.05, 0) is 18.6 Å². The van der Waals surface area contributed by atoms with Crippen LogP contribution in [0.25, 0.3) is 10.2 Å². The number of nitrogens with zero attached hydrogens (tertiary/aromatic N) is 2. The molecule has 2 amide bonds. The van der Waals surface area contributed by atoms with E-state index in [1.165, 1.54) is 11.3 Å². The Bertz CT molecular complexity index is 550. The van der Waals surface area contributed by atoms with Crippen LogP contribution in [0.1, 0.15) is 6.42 Å². The van der Waals surface area contributed by atoms with Crippen LogP contribution in [0.2, 0.25) is 0 Å². The fraction of sp³-hybridized carbons (Fsp3) is 0.333. The second-order valence-electron chi connectivity index (χ2n) is 4.31. The molecule has 0 unspecified atom stereocenters. The maximum atomic E-state index is 11.9. The molecule has 0 radical (unpaired) electrons. The van der Waals surface area contributed by atoms with Gasteiger partial charge in [0.2, 0.25) is 0 Å². The number of aromatic nitrogens is 1. The molecule has 1 atom stereocenters. The van der Waals surface area contributed by atoms with Crippen molar-refractivity contribution in [1.82, 2.24) is 9.88 Å². The Morgan fingerprint density at radius 2 is 2.33 bits per heavy atom. The molecule has 1 aromatic heterocycles. The summed E-state index contributed by atoms with van der Waals surface area (Å²) in [6.45, 7) is 0.995. The number of nitrogens with one attached hydrogen (secondary N) is 1. The number of carbonyl (C=O) groups is 1. The Morgan fingerprint density at radius 3 is 3.06 bits per heavy atom. The number of aliphatic hydroxyl groups is 1. The summed E-state index contributed by atoms with van der Waals surface area (Å²) in [5.74, 6) is 0. The number of amides is 2. The number of β-amino-alcohol motifs (C(OH)–C–C–N with tert-alkyl or cyclic N) is 1. The van der Waals surface area contributed by atoms with Gasteiger partial charge in [-0.1, -0.05) is 23.5 Å². The predicted octanol–water partition coefficient (Wildman–Crippen LogP) is 1.89. The first-order valence-electron chi connectivity index (χ1n) is 5.82. The number of para-hydroxylation sites is 1. The molecule has 0 saturated carbocycles. The van der Waals surface area contributed by atoms with Crippen LogP contribution >= 0.6 is 11.3 Å². The molecule has 2 N–H and O–H groups in total. The number of hydrogen-bond donors (Lipinski definition) is 2. The molecule has 2 aromatic rings. The zero-order chi connectivity index (χ0) is 12.5. The van der Waals surface area contributed by atoms with Gasteiger partial charge in [0.1, 0.15) is 0 Å². The highest BCUT2D eigenvalue weighted by molar-refractivity contribution is 7.22. The minimum absolute atomic E-state index is 0.189. The molecule has 1 saturated heterocycles. The molecule has 0 bridgehead atoms. The summed E-state index contributed by atoms with van der Waals surface area (Å²) >= 11 is 1.45. The topological polar surface area (TPSA) is 65.5 Å². The van der Waals surface area contributed by atoms with Crippen molar-refractivity contribution in [2.75, 3.05) is 18.4 Å². The second-order valence-corrected chi connectivity index (χ2v) is 5.34. The highest BCUT2D eigenvalue weighted by atomic mass is 32.1. The van der Waals surface area contributed by atoms with E-state index >= 15 is 0 Å². The first kappa shape index (κ1) is 11.4. The highest BCUT2D eigenvalue weighted by Crippen LogP contribution is 2.25. The lowest BCUT2D eigenvalue weighted by atomic mass is 10.3. The third-order valence-electron chi connectivity index (χ3n) is 2.96. The molecule has 0 spiro atoms. The molecule has 0 aliphatic carbocycles. The van der Waals surface area contributed by atoms with E-state index in [1.54, 1.807) is 4.90 Å². The first-order chi connectivity index (χ1) is 8.72. The molecule has 1 aliphatic rings. The van der Waals surface area contributed by atoms with E-state index in [1.807, 2.05) is 24.3 Å². The van der Waals surface area contributed by atoms with Crippen molar-refractivity contribution in [1.29, 1.82) is 0 Å². The van der Waals surface area contributed by atoms with Gasteiger partial charge >= 0.3 is 6.03 Å². The molecular formula is C12H13N3O2S. The van der Waals surface area contributed by atoms with E-state index in [0.717, 1.165) is 10.2 Å². The molecule has 6 heteroatoms. The van der Waals surface area contributed by atoms with Crippen LogP contribution in [0.4, 0.5) is 9.93 Å². The van der Waals surface area contributed by atoms with E-state index in [4.69, 9.17) is 0 Å². The molecule has 3 rings (SSSR count). The zero-order valence-corrected chi connectivity index (χ0v) is 10.5. The van der Waals surface area contributed by atoms with Crippen molar-refractivity contribution in [3.05, 3.63) is 24.3 Å². The van der Waals surface area contributed by atoms with Gasteiger partial charge < -0.3 is 10.0 Å². The van der Waals surface area contributed by atoms with Crippen LogP contribution in [-0.4, -0.2) is 40.2 Å². The average Bonchev–Trinajstić information content (AvgIpc) is 2.94. The van der Waals surface area contributed by atoms with Crippen LogP contribution < -0.4 is 5.32 Å². The monoisotopic (exact) mass is 263 g/mol. The van der Waals surface area contributed by atoms with E-state index in [2.05, 4.69) is 10.3 Å². The zero-order valence-electron chi connectivity index (χ0n) is 9.67. The van der Waals surface area contributed by atoms with Gasteiger partial charge in [-0.2, -0.15) is 0 Å². The summed E-state index contributed by atoms with van der Waals surface area (Å²) in [7, 11) is 0. The van der Waals surface area contributed by atoms with Crippen molar-refractivity contribution in [2.24, 2.45) is 0 Å². The Morgan fingerprint density at radius 1 is 1.50 bits per heavy atom. The van der Waals surface area contributed by atoms with Gasteiger partial charge in [-0.15, -0.1) is 0 Å².